The van der Waals surface area contributed by atoms with E-state index < -0.39 is 0 Å². The third-order valence-electron chi connectivity index (χ3n) is 3.32. The first-order valence-electron chi connectivity index (χ1n) is 7.16. The molecule has 3 heteroatoms. The van der Waals surface area contributed by atoms with Gasteiger partial charge in [0.15, 0.2) is 0 Å². The average Bonchev–Trinajstić information content (AvgIpc) is 2.45. The third kappa shape index (κ3) is 3.67. The molecule has 0 saturated carbocycles. The number of hydrogen-bond acceptors (Lipinski definition) is 3. The van der Waals surface area contributed by atoms with Gasteiger partial charge in [0.2, 0.25) is 0 Å². The number of rotatable bonds is 7. The second-order valence-corrected chi connectivity index (χ2v) is 4.89. The molecule has 0 aliphatic rings. The van der Waals surface area contributed by atoms with E-state index in [1.54, 1.807) is 0 Å². The normalized spacial score (nSPS) is 10.8. The van der Waals surface area contributed by atoms with Crippen LogP contribution in [0.1, 0.15) is 31.7 Å². The van der Waals surface area contributed by atoms with Gasteiger partial charge >= 0.3 is 0 Å². The van der Waals surface area contributed by atoms with Gasteiger partial charge in [-0.1, -0.05) is 25.5 Å². The minimum atomic E-state index is 0.708. The van der Waals surface area contributed by atoms with Gasteiger partial charge in [-0.25, -0.2) is 4.98 Å². The Labute approximate surface area is 115 Å². The van der Waals surface area contributed by atoms with Gasteiger partial charge in [-0.05, 0) is 48.9 Å². The zero-order valence-electron chi connectivity index (χ0n) is 11.7. The molecule has 0 fully saturated rings. The van der Waals surface area contributed by atoms with Crippen molar-refractivity contribution in [1.82, 2.24) is 4.98 Å². The van der Waals surface area contributed by atoms with Crippen molar-refractivity contribution < 1.29 is 0 Å². The zero-order chi connectivity index (χ0) is 13.5. The summed E-state index contributed by atoms with van der Waals surface area (Å²) in [6.45, 7) is 3.81. The van der Waals surface area contributed by atoms with E-state index in [1.807, 2.05) is 6.20 Å². The van der Waals surface area contributed by atoms with Crippen LogP contribution in [0.4, 0.5) is 5.82 Å². The fourth-order valence-corrected chi connectivity index (χ4v) is 2.20. The van der Waals surface area contributed by atoms with Crippen LogP contribution in [0.15, 0.2) is 30.5 Å². The highest BCUT2D eigenvalue weighted by molar-refractivity contribution is 5.92. The van der Waals surface area contributed by atoms with Gasteiger partial charge in [0, 0.05) is 18.1 Å². The average molecular weight is 257 g/mol. The topological polar surface area (TPSA) is 50.9 Å². The molecule has 3 N–H and O–H groups in total. The monoisotopic (exact) mass is 257 g/mol. The van der Waals surface area contributed by atoms with Gasteiger partial charge in [0.05, 0.1) is 0 Å². The maximum Gasteiger partial charge on any atom is 0.133 e. The van der Waals surface area contributed by atoms with Crippen LogP contribution in [0.25, 0.3) is 10.8 Å². The highest BCUT2D eigenvalue weighted by atomic mass is 15.0. The van der Waals surface area contributed by atoms with Crippen molar-refractivity contribution in [2.45, 2.75) is 32.6 Å². The highest BCUT2D eigenvalue weighted by Gasteiger charge is 2.03. The van der Waals surface area contributed by atoms with Crippen molar-refractivity contribution in [3.05, 3.63) is 36.0 Å². The van der Waals surface area contributed by atoms with Crippen molar-refractivity contribution >= 4 is 16.6 Å². The Bertz CT molecular complexity index is 522. The molecule has 1 heterocycles. The Hall–Kier alpha value is -1.61. The highest BCUT2D eigenvalue weighted by Crippen LogP contribution is 2.23. The predicted molar refractivity (Wildman–Crippen MR) is 82.5 cm³/mol. The first kappa shape index (κ1) is 13.8. The second-order valence-electron chi connectivity index (χ2n) is 4.89. The van der Waals surface area contributed by atoms with Crippen LogP contribution in [-0.4, -0.2) is 18.1 Å². The van der Waals surface area contributed by atoms with E-state index in [9.17, 15) is 0 Å². The summed E-state index contributed by atoms with van der Waals surface area (Å²) in [5.74, 6) is 0.976. The van der Waals surface area contributed by atoms with E-state index in [2.05, 4.69) is 41.5 Å². The van der Waals surface area contributed by atoms with E-state index in [-0.39, 0.29) is 0 Å². The molecule has 1 aromatic carbocycles. The summed E-state index contributed by atoms with van der Waals surface area (Å²) < 4.78 is 0. The lowest BCUT2D eigenvalue weighted by atomic mass is 10.0. The van der Waals surface area contributed by atoms with Crippen LogP contribution >= 0.6 is 0 Å². The molecule has 0 saturated heterocycles. The largest absolute Gasteiger partial charge is 0.370 e. The lowest BCUT2D eigenvalue weighted by Crippen LogP contribution is -2.09. The lowest BCUT2D eigenvalue weighted by molar-refractivity contribution is 0.796. The van der Waals surface area contributed by atoms with Gasteiger partial charge in [-0.15, -0.1) is 0 Å². The van der Waals surface area contributed by atoms with Crippen molar-refractivity contribution in [2.75, 3.05) is 18.4 Å². The van der Waals surface area contributed by atoms with Crippen LogP contribution in [0.3, 0.4) is 0 Å². The first-order valence-corrected chi connectivity index (χ1v) is 7.16. The van der Waals surface area contributed by atoms with E-state index in [0.717, 1.165) is 25.2 Å². The predicted octanol–water partition coefficient (Wildman–Crippen LogP) is 3.34. The molecule has 0 aliphatic heterocycles. The summed E-state index contributed by atoms with van der Waals surface area (Å²) in [7, 11) is 0. The van der Waals surface area contributed by atoms with Crippen LogP contribution in [0, 0.1) is 0 Å². The van der Waals surface area contributed by atoms with Crippen molar-refractivity contribution in [2.24, 2.45) is 5.73 Å². The summed E-state index contributed by atoms with van der Waals surface area (Å²) in [6, 6.07) is 8.74. The van der Waals surface area contributed by atoms with Crippen molar-refractivity contribution in [1.29, 1.82) is 0 Å². The van der Waals surface area contributed by atoms with Crippen LogP contribution < -0.4 is 11.1 Å². The molecular formula is C16H23N3. The van der Waals surface area contributed by atoms with Gasteiger partial charge < -0.3 is 11.1 Å². The fraction of sp³-hybridized carbons (Fsp3) is 0.438. The van der Waals surface area contributed by atoms with Crippen molar-refractivity contribution in [3.63, 3.8) is 0 Å². The first-order chi connectivity index (χ1) is 9.35. The molecule has 19 heavy (non-hydrogen) atoms. The molecule has 0 atom stereocenters. The third-order valence-corrected chi connectivity index (χ3v) is 3.32. The Morgan fingerprint density at radius 3 is 2.89 bits per heavy atom. The number of nitrogens with one attached hydrogen (secondary N) is 1. The number of anilines is 1. The number of pyridine rings is 1. The number of nitrogens with two attached hydrogens (primary N) is 1. The van der Waals surface area contributed by atoms with E-state index in [1.165, 1.54) is 29.2 Å². The molecule has 0 unspecified atom stereocenters. The Morgan fingerprint density at radius 2 is 2.11 bits per heavy atom. The second kappa shape index (κ2) is 7.10. The SMILES string of the molecule is CCCCc1ccc2ccnc(NCCCN)c2c1. The number of fused-ring (bicyclic) bond motifs is 1. The van der Waals surface area contributed by atoms with E-state index in [0.29, 0.717) is 6.54 Å². The van der Waals surface area contributed by atoms with Gasteiger partial charge in [0.1, 0.15) is 5.82 Å². The molecular weight excluding hydrogens is 234 g/mol. The smallest absolute Gasteiger partial charge is 0.133 e. The Kier molecular flexibility index (Phi) is 5.16. The summed E-state index contributed by atoms with van der Waals surface area (Å²) >= 11 is 0. The standard InChI is InChI=1S/C16H23N3/c1-2-3-5-13-6-7-14-8-11-19-16(15(14)12-13)18-10-4-9-17/h6-8,11-12H,2-5,9-10,17H2,1H3,(H,18,19). The summed E-state index contributed by atoms with van der Waals surface area (Å²) in [6.07, 6.45) is 6.43. The number of unbranched alkanes of at least 4 members (excludes halogenated alkanes) is 1. The Morgan fingerprint density at radius 1 is 1.21 bits per heavy atom. The minimum absolute atomic E-state index is 0.708. The number of aryl methyl sites for hydroxylation is 1. The number of hydrogen-bond donors (Lipinski definition) is 2. The Balaban J connectivity index is 2.24. The molecule has 0 spiro atoms. The molecule has 2 aromatic rings. The molecule has 0 amide bonds. The molecule has 2 rings (SSSR count). The molecule has 0 radical (unpaired) electrons. The molecule has 0 bridgehead atoms. The molecule has 0 aliphatic carbocycles. The minimum Gasteiger partial charge on any atom is -0.370 e. The van der Waals surface area contributed by atoms with Gasteiger partial charge in [-0.2, -0.15) is 0 Å². The summed E-state index contributed by atoms with van der Waals surface area (Å²) in [5.41, 5.74) is 6.92. The summed E-state index contributed by atoms with van der Waals surface area (Å²) in [4.78, 5) is 4.45. The number of nitrogens with zero attached hydrogens (tertiary/aromatic N) is 1. The van der Waals surface area contributed by atoms with Crippen molar-refractivity contribution in [3.8, 4) is 0 Å². The quantitative estimate of drug-likeness (QED) is 0.748. The fourth-order valence-electron chi connectivity index (χ4n) is 2.20. The van der Waals surface area contributed by atoms with Crippen LogP contribution in [-0.2, 0) is 6.42 Å². The summed E-state index contributed by atoms with van der Waals surface area (Å²) in [5, 5.41) is 5.84. The number of benzene rings is 1. The van der Waals surface area contributed by atoms with Gasteiger partial charge in [-0.3, -0.25) is 0 Å². The molecule has 3 nitrogen and oxygen atoms in total. The van der Waals surface area contributed by atoms with E-state index in [4.69, 9.17) is 5.73 Å². The zero-order valence-corrected chi connectivity index (χ0v) is 11.7. The van der Waals surface area contributed by atoms with Gasteiger partial charge in [0.25, 0.3) is 0 Å². The maximum atomic E-state index is 5.52. The van der Waals surface area contributed by atoms with Crippen LogP contribution in [0.5, 0.6) is 0 Å². The van der Waals surface area contributed by atoms with E-state index >= 15 is 0 Å². The lowest BCUT2D eigenvalue weighted by Gasteiger charge is -2.09. The maximum absolute atomic E-state index is 5.52. The van der Waals surface area contributed by atoms with Crippen LogP contribution in [0.2, 0.25) is 0 Å². The molecule has 1 aromatic heterocycles. The molecule has 102 valence electrons. The number of aromatic nitrogens is 1.